The van der Waals surface area contributed by atoms with Gasteiger partial charge in [0, 0.05) is 59.5 Å². The predicted molar refractivity (Wildman–Crippen MR) is 225 cm³/mol. The number of nitrogens with one attached hydrogen (secondary N) is 3. The Morgan fingerprint density at radius 3 is 2.47 bits per heavy atom. The number of nitriles is 1. The first-order chi connectivity index (χ1) is 28.4. The number of ether oxygens (including phenoxy) is 1. The molecule has 4 amide bonds. The second-order valence-electron chi connectivity index (χ2n) is 16.0. The van der Waals surface area contributed by atoms with Crippen LogP contribution in [0.25, 0.3) is 0 Å². The van der Waals surface area contributed by atoms with E-state index in [1.807, 2.05) is 13.0 Å². The van der Waals surface area contributed by atoms with Crippen molar-refractivity contribution in [2.24, 2.45) is 0 Å². The minimum absolute atomic E-state index is 0. The number of piperazine rings is 1. The van der Waals surface area contributed by atoms with Crippen molar-refractivity contribution in [3.05, 3.63) is 77.1 Å². The van der Waals surface area contributed by atoms with Crippen LogP contribution in [0.5, 0.6) is 5.75 Å². The summed E-state index contributed by atoms with van der Waals surface area (Å²) in [4.78, 5) is 57.7. The molecule has 322 valence electrons. The zero-order valence-electron chi connectivity index (χ0n) is 33.2. The van der Waals surface area contributed by atoms with Gasteiger partial charge in [0.05, 0.1) is 29.4 Å². The van der Waals surface area contributed by atoms with Crippen LogP contribution in [0.4, 0.5) is 40.3 Å². The molecule has 1 unspecified atom stereocenters. The summed E-state index contributed by atoms with van der Waals surface area (Å²) < 4.78 is 62.2. The van der Waals surface area contributed by atoms with E-state index in [9.17, 15) is 42.0 Å². The number of aryl methyl sites for hydroxylation is 1. The zero-order valence-corrected chi connectivity index (χ0v) is 34.1. The number of hydrogen-bond donors (Lipinski definition) is 3. The normalized spacial score (nSPS) is 20.3. The summed E-state index contributed by atoms with van der Waals surface area (Å²) in [6.07, 6.45) is -1.90. The number of imide groups is 1. The second kappa shape index (κ2) is 16.4. The largest absolute Gasteiger partial charge is 0.492 e. The lowest BCUT2D eigenvalue weighted by atomic mass is 10.0. The Morgan fingerprint density at radius 1 is 1.05 bits per heavy atom. The minimum atomic E-state index is -4.81. The lowest BCUT2D eigenvalue weighted by Gasteiger charge is -2.41. The van der Waals surface area contributed by atoms with Crippen molar-refractivity contribution in [2.45, 2.75) is 76.2 Å². The topological polar surface area (TPSA) is 150 Å². The molecule has 0 bridgehead atoms. The highest BCUT2D eigenvalue weighted by Gasteiger charge is 2.52. The monoisotopic (exact) mass is 854 g/mol. The van der Waals surface area contributed by atoms with Gasteiger partial charge in [-0.25, -0.2) is 4.39 Å². The average Bonchev–Trinajstić information content (AvgIpc) is 3.92. The maximum atomic E-state index is 14.5. The number of halogens is 4. The number of carbonyl (C=O) groups is 4. The highest BCUT2D eigenvalue weighted by atomic mass is 32.1. The first-order valence-electron chi connectivity index (χ1n) is 19.7. The van der Waals surface area contributed by atoms with Crippen LogP contribution in [-0.2, 0) is 31.8 Å². The minimum Gasteiger partial charge on any atom is -0.492 e. The van der Waals surface area contributed by atoms with Crippen molar-refractivity contribution >= 4 is 63.7 Å². The smallest absolute Gasteiger partial charge is 0.417 e. The lowest BCUT2D eigenvalue weighted by Crippen LogP contribution is -2.57. The molecular formula is C42H50F4N8O5S. The Labute approximate surface area is 354 Å². The predicted octanol–water partition coefficient (Wildman–Crippen LogP) is 6.32. The standard InChI is InChI=1S/C42H44F4N8O5S.3H2/c1-4-25-17-31(54-39(60)53(38(58)40(54,2)3)30-6-5-26(22-47)32(21-30)42(44,45)46)7-9-34(25)59-16-15-51-13-14-52(41(24-51)11-12-41)23-36(56)49-29-19-27(43)18-28(20-29)48-33-8-10-35(55)50-37(33)57;;;/h5-7,9,17-21,33,48H,4,8,10-16,23-24H2,1-3H3,(H,49,56)(H,50,55,57);3*1H. The van der Waals surface area contributed by atoms with Crippen molar-refractivity contribution in [3.63, 3.8) is 0 Å². The number of piperidine rings is 1. The number of alkyl halides is 3. The van der Waals surface area contributed by atoms with Crippen molar-refractivity contribution < 1.29 is 45.8 Å². The van der Waals surface area contributed by atoms with E-state index in [1.54, 1.807) is 43.0 Å². The molecule has 18 heteroatoms. The maximum Gasteiger partial charge on any atom is 0.417 e. The van der Waals surface area contributed by atoms with Gasteiger partial charge in [0.15, 0.2) is 5.11 Å². The molecule has 3 saturated heterocycles. The van der Waals surface area contributed by atoms with Crippen LogP contribution in [0, 0.1) is 17.1 Å². The third kappa shape index (κ3) is 8.65. The second-order valence-corrected chi connectivity index (χ2v) is 16.4. The molecular weight excluding hydrogens is 805 g/mol. The fourth-order valence-corrected chi connectivity index (χ4v) is 8.69. The number of rotatable bonds is 12. The quantitative estimate of drug-likeness (QED) is 0.107. The van der Waals surface area contributed by atoms with E-state index < -0.39 is 46.5 Å². The number of anilines is 4. The molecule has 1 saturated carbocycles. The van der Waals surface area contributed by atoms with Crippen molar-refractivity contribution in [3.8, 4) is 11.8 Å². The Kier molecular flexibility index (Phi) is 11.6. The van der Waals surface area contributed by atoms with Crippen LogP contribution in [0.15, 0.2) is 54.6 Å². The maximum absolute atomic E-state index is 14.5. The number of carbonyl (C=O) groups excluding carboxylic acids is 4. The van der Waals surface area contributed by atoms with Crippen LogP contribution in [0.2, 0.25) is 0 Å². The van der Waals surface area contributed by atoms with Crippen LogP contribution in [0.3, 0.4) is 0 Å². The summed E-state index contributed by atoms with van der Waals surface area (Å²) >= 11 is 5.72. The van der Waals surface area contributed by atoms with E-state index in [0.717, 1.165) is 42.0 Å². The molecule has 7 rings (SSSR count). The van der Waals surface area contributed by atoms with Gasteiger partial charge >= 0.3 is 6.18 Å². The summed E-state index contributed by atoms with van der Waals surface area (Å²) in [6, 6.07) is 13.4. The molecule has 3 aliphatic heterocycles. The highest BCUT2D eigenvalue weighted by Crippen LogP contribution is 2.44. The molecule has 1 aliphatic carbocycles. The fraction of sp³-hybridized carbons (Fsp3) is 0.429. The van der Waals surface area contributed by atoms with Crippen molar-refractivity contribution in [2.75, 3.05) is 59.8 Å². The van der Waals surface area contributed by atoms with Crippen LogP contribution in [-0.4, -0.2) is 95.0 Å². The van der Waals surface area contributed by atoms with Crippen LogP contribution >= 0.6 is 12.2 Å². The molecule has 0 radical (unpaired) electrons. The first-order valence-corrected chi connectivity index (χ1v) is 20.1. The summed E-state index contributed by atoms with van der Waals surface area (Å²) in [6.45, 7) is 8.51. The van der Waals surface area contributed by atoms with Gasteiger partial charge in [-0.3, -0.25) is 39.2 Å². The molecule has 1 atom stereocenters. The lowest BCUT2D eigenvalue weighted by molar-refractivity contribution is -0.138. The number of amides is 4. The summed E-state index contributed by atoms with van der Waals surface area (Å²) in [5.41, 5.74) is -1.18. The van der Waals surface area contributed by atoms with Gasteiger partial charge in [-0.2, -0.15) is 18.4 Å². The van der Waals surface area contributed by atoms with E-state index in [-0.39, 0.29) is 57.5 Å². The molecule has 60 heavy (non-hydrogen) atoms. The average molecular weight is 855 g/mol. The number of hydrogen-bond acceptors (Lipinski definition) is 10. The molecule has 0 aromatic heterocycles. The molecule has 3 N–H and O–H groups in total. The van der Waals surface area contributed by atoms with Gasteiger partial charge in [-0.15, -0.1) is 0 Å². The van der Waals surface area contributed by atoms with Gasteiger partial charge in [0.2, 0.25) is 17.7 Å². The number of nitrogens with zero attached hydrogens (tertiary/aromatic N) is 5. The van der Waals surface area contributed by atoms with Gasteiger partial charge in [-0.1, -0.05) is 6.92 Å². The Hall–Kier alpha value is -5.64. The zero-order chi connectivity index (χ0) is 43.1. The SMILES string of the molecule is CCc1cc(N2C(=S)N(c3ccc(C#N)c(C(F)(F)F)c3)C(=O)C2(C)C)ccc1OCCN1CCN(CC(=O)Nc2cc(F)cc(NC3CCC(=O)NC3=O)c2)C2(CC2)C1.[HH].[HH].[HH]. The van der Waals surface area contributed by atoms with Crippen LogP contribution < -0.4 is 30.5 Å². The number of benzene rings is 3. The van der Waals surface area contributed by atoms with Gasteiger partial charge in [0.25, 0.3) is 5.91 Å². The van der Waals surface area contributed by atoms with Crippen molar-refractivity contribution in [1.29, 1.82) is 5.26 Å². The van der Waals surface area contributed by atoms with E-state index >= 15 is 0 Å². The summed E-state index contributed by atoms with van der Waals surface area (Å²) in [5, 5.41) is 17.3. The highest BCUT2D eigenvalue weighted by molar-refractivity contribution is 7.81. The van der Waals surface area contributed by atoms with Crippen molar-refractivity contribution in [1.82, 2.24) is 15.1 Å². The Balaban J connectivity index is 0.00000290. The summed E-state index contributed by atoms with van der Waals surface area (Å²) in [5.74, 6) is -1.57. The molecule has 4 aliphatic rings. The van der Waals surface area contributed by atoms with Gasteiger partial charge in [-0.05, 0) is 112 Å². The molecule has 3 aromatic carbocycles. The van der Waals surface area contributed by atoms with Gasteiger partial charge in [0.1, 0.15) is 29.8 Å². The molecule has 1 spiro atoms. The van der Waals surface area contributed by atoms with E-state index in [2.05, 4.69) is 25.8 Å². The third-order valence-electron chi connectivity index (χ3n) is 11.5. The first kappa shape index (κ1) is 42.5. The van der Waals surface area contributed by atoms with E-state index in [0.29, 0.717) is 49.8 Å². The Morgan fingerprint density at radius 2 is 1.78 bits per heavy atom. The van der Waals surface area contributed by atoms with E-state index in [1.165, 1.54) is 18.2 Å². The molecule has 3 heterocycles. The molecule has 3 aromatic rings. The summed E-state index contributed by atoms with van der Waals surface area (Å²) in [7, 11) is 0. The van der Waals surface area contributed by atoms with Crippen LogP contribution in [0.1, 0.15) is 67.4 Å². The number of thiocarbonyl (C=S) groups is 1. The van der Waals surface area contributed by atoms with Gasteiger partial charge < -0.3 is 20.3 Å². The molecule has 4 fully saturated rings. The fourth-order valence-electron chi connectivity index (χ4n) is 8.17. The molecule has 13 nitrogen and oxygen atoms in total. The third-order valence-corrected chi connectivity index (χ3v) is 11.9. The van der Waals surface area contributed by atoms with E-state index in [4.69, 9.17) is 17.0 Å². The Bertz CT molecular complexity index is 2310.